The Balaban J connectivity index is 2.18. The van der Waals surface area contributed by atoms with Gasteiger partial charge in [0, 0.05) is 11.8 Å². The van der Waals surface area contributed by atoms with Crippen LogP contribution in [0.15, 0.2) is 0 Å². The summed E-state index contributed by atoms with van der Waals surface area (Å²) >= 11 is 1.88. The van der Waals surface area contributed by atoms with Gasteiger partial charge in [-0.1, -0.05) is 32.1 Å². The lowest BCUT2D eigenvalue weighted by atomic mass is 9.85. The van der Waals surface area contributed by atoms with Crippen LogP contribution in [-0.2, 0) is 0 Å². The summed E-state index contributed by atoms with van der Waals surface area (Å²) in [6.45, 7) is 0. The molecular weight excluding hydrogens is 180 g/mol. The lowest BCUT2D eigenvalue weighted by Crippen LogP contribution is -2.38. The average Bonchev–Trinajstić information content (AvgIpc) is 2.19. The molecule has 0 amide bonds. The fourth-order valence-corrected chi connectivity index (χ4v) is 2.85. The first-order valence-corrected chi connectivity index (χ1v) is 6.71. The van der Waals surface area contributed by atoms with Crippen LogP contribution in [0.5, 0.6) is 0 Å². The van der Waals surface area contributed by atoms with E-state index in [1.165, 1.54) is 38.5 Å². The van der Waals surface area contributed by atoms with Crippen molar-refractivity contribution in [3.8, 4) is 0 Å². The van der Waals surface area contributed by atoms with Crippen LogP contribution >= 0.6 is 11.8 Å². The predicted molar refractivity (Wildman–Crippen MR) is 60.7 cm³/mol. The monoisotopic (exact) mass is 202 g/mol. The number of hydrogen-bond acceptors (Lipinski definition) is 3. The second kappa shape index (κ2) is 6.68. The van der Waals surface area contributed by atoms with Crippen molar-refractivity contribution < 1.29 is 0 Å². The number of rotatable bonds is 5. The van der Waals surface area contributed by atoms with Gasteiger partial charge in [-0.2, -0.15) is 11.8 Å². The summed E-state index contributed by atoms with van der Waals surface area (Å²) in [5.41, 5.74) is 2.93. The van der Waals surface area contributed by atoms with Gasteiger partial charge in [0.1, 0.15) is 0 Å². The Bertz CT molecular complexity index is 121. The van der Waals surface area contributed by atoms with E-state index in [0.717, 1.165) is 11.7 Å². The quantitative estimate of drug-likeness (QED) is 0.530. The van der Waals surface area contributed by atoms with Gasteiger partial charge in [-0.3, -0.25) is 11.3 Å². The number of nitrogens with two attached hydrogens (primary N) is 1. The van der Waals surface area contributed by atoms with Crippen LogP contribution in [0.4, 0.5) is 0 Å². The molecule has 0 aromatic heterocycles. The van der Waals surface area contributed by atoms with Crippen molar-refractivity contribution in [2.24, 2.45) is 11.8 Å². The van der Waals surface area contributed by atoms with Crippen molar-refractivity contribution >= 4 is 11.8 Å². The minimum Gasteiger partial charge on any atom is -0.271 e. The van der Waals surface area contributed by atoms with Gasteiger partial charge in [-0.05, 0) is 18.6 Å². The predicted octanol–water partition coefficient (Wildman–Crippen LogP) is 2.15. The van der Waals surface area contributed by atoms with Gasteiger partial charge in [0.2, 0.25) is 0 Å². The molecule has 3 heteroatoms. The van der Waals surface area contributed by atoms with E-state index < -0.39 is 0 Å². The minimum absolute atomic E-state index is 0.526. The Kier molecular flexibility index (Phi) is 5.83. The lowest BCUT2D eigenvalue weighted by Gasteiger charge is -2.25. The van der Waals surface area contributed by atoms with E-state index in [1.807, 2.05) is 11.8 Å². The molecule has 2 nitrogen and oxygen atoms in total. The zero-order valence-corrected chi connectivity index (χ0v) is 9.41. The molecule has 3 N–H and O–H groups in total. The van der Waals surface area contributed by atoms with Crippen molar-refractivity contribution in [1.82, 2.24) is 5.43 Å². The van der Waals surface area contributed by atoms with Crippen LogP contribution in [-0.4, -0.2) is 18.1 Å². The molecule has 1 rings (SSSR count). The molecule has 0 spiro atoms. The Morgan fingerprint density at radius 1 is 1.38 bits per heavy atom. The minimum atomic E-state index is 0.526. The fourth-order valence-electron chi connectivity index (χ4n) is 2.21. The van der Waals surface area contributed by atoms with Crippen LogP contribution in [0, 0.1) is 5.92 Å². The summed E-state index contributed by atoms with van der Waals surface area (Å²) in [6, 6.07) is 0.526. The fraction of sp³-hybridized carbons (Fsp3) is 1.00. The summed E-state index contributed by atoms with van der Waals surface area (Å²) in [5, 5.41) is 0. The Hall–Kier alpha value is 0.270. The van der Waals surface area contributed by atoms with Crippen molar-refractivity contribution in [2.45, 2.75) is 44.6 Å². The number of hydrogen-bond donors (Lipinski definition) is 2. The zero-order valence-electron chi connectivity index (χ0n) is 8.59. The van der Waals surface area contributed by atoms with Crippen LogP contribution in [0.2, 0.25) is 0 Å². The molecule has 1 fully saturated rings. The third-order valence-electron chi connectivity index (χ3n) is 2.95. The highest BCUT2D eigenvalue weighted by Crippen LogP contribution is 2.27. The van der Waals surface area contributed by atoms with E-state index in [-0.39, 0.29) is 0 Å². The van der Waals surface area contributed by atoms with Crippen molar-refractivity contribution in [3.05, 3.63) is 0 Å². The van der Waals surface area contributed by atoms with Crippen LogP contribution in [0.25, 0.3) is 0 Å². The van der Waals surface area contributed by atoms with Crippen molar-refractivity contribution in [1.29, 1.82) is 0 Å². The van der Waals surface area contributed by atoms with Crippen LogP contribution < -0.4 is 11.3 Å². The van der Waals surface area contributed by atoms with Gasteiger partial charge < -0.3 is 0 Å². The summed E-state index contributed by atoms with van der Waals surface area (Å²) < 4.78 is 0. The van der Waals surface area contributed by atoms with Gasteiger partial charge in [0.05, 0.1) is 0 Å². The van der Waals surface area contributed by atoms with Gasteiger partial charge in [0.15, 0.2) is 0 Å². The number of nitrogens with one attached hydrogen (secondary N) is 1. The first-order valence-electron chi connectivity index (χ1n) is 5.32. The Labute approximate surface area is 86.0 Å². The molecule has 0 aromatic carbocycles. The molecule has 0 bridgehead atoms. The summed E-state index contributed by atoms with van der Waals surface area (Å²) in [7, 11) is 0. The zero-order chi connectivity index (χ0) is 9.52. The average molecular weight is 202 g/mol. The molecule has 0 aromatic rings. The first-order chi connectivity index (χ1) is 6.36. The number of hydrazine groups is 1. The van der Waals surface area contributed by atoms with Crippen LogP contribution in [0.1, 0.15) is 38.5 Å². The highest BCUT2D eigenvalue weighted by molar-refractivity contribution is 7.98. The highest BCUT2D eigenvalue weighted by atomic mass is 32.2. The van der Waals surface area contributed by atoms with Gasteiger partial charge >= 0.3 is 0 Å². The largest absolute Gasteiger partial charge is 0.271 e. The summed E-state index contributed by atoms with van der Waals surface area (Å²) in [6.07, 6.45) is 10.6. The van der Waals surface area contributed by atoms with Crippen molar-refractivity contribution in [3.63, 3.8) is 0 Å². The SMILES string of the molecule is CSCC(CC1CCCCC1)NN. The van der Waals surface area contributed by atoms with E-state index in [1.54, 1.807) is 0 Å². The molecule has 1 atom stereocenters. The molecule has 13 heavy (non-hydrogen) atoms. The van der Waals surface area contributed by atoms with E-state index in [2.05, 4.69) is 11.7 Å². The maximum Gasteiger partial charge on any atom is 0.0303 e. The molecule has 0 saturated heterocycles. The maximum atomic E-state index is 5.51. The first kappa shape index (κ1) is 11.3. The molecular formula is C10H22N2S. The molecule has 1 aliphatic rings. The van der Waals surface area contributed by atoms with E-state index >= 15 is 0 Å². The smallest absolute Gasteiger partial charge is 0.0303 e. The molecule has 78 valence electrons. The molecule has 1 aliphatic carbocycles. The lowest BCUT2D eigenvalue weighted by molar-refractivity contribution is 0.308. The Morgan fingerprint density at radius 3 is 2.62 bits per heavy atom. The topological polar surface area (TPSA) is 38.0 Å². The second-order valence-electron chi connectivity index (χ2n) is 4.06. The van der Waals surface area contributed by atoms with Crippen molar-refractivity contribution in [2.75, 3.05) is 12.0 Å². The van der Waals surface area contributed by atoms with Crippen LogP contribution in [0.3, 0.4) is 0 Å². The van der Waals surface area contributed by atoms with Gasteiger partial charge in [-0.25, -0.2) is 0 Å². The van der Waals surface area contributed by atoms with Gasteiger partial charge in [-0.15, -0.1) is 0 Å². The summed E-state index contributed by atoms with van der Waals surface area (Å²) in [5.74, 6) is 7.59. The normalized spacial score (nSPS) is 21.7. The second-order valence-corrected chi connectivity index (χ2v) is 4.97. The standard InChI is InChI=1S/C10H22N2S/c1-13-8-10(12-11)7-9-5-3-2-4-6-9/h9-10,12H,2-8,11H2,1H3. The van der Waals surface area contributed by atoms with E-state index in [0.29, 0.717) is 6.04 Å². The highest BCUT2D eigenvalue weighted by Gasteiger charge is 2.17. The van der Waals surface area contributed by atoms with E-state index in [9.17, 15) is 0 Å². The van der Waals surface area contributed by atoms with Gasteiger partial charge in [0.25, 0.3) is 0 Å². The number of thioether (sulfide) groups is 1. The molecule has 1 saturated carbocycles. The Morgan fingerprint density at radius 2 is 2.08 bits per heavy atom. The third-order valence-corrected chi connectivity index (χ3v) is 3.68. The van der Waals surface area contributed by atoms with E-state index in [4.69, 9.17) is 5.84 Å². The third kappa shape index (κ3) is 4.34. The molecule has 0 heterocycles. The molecule has 0 aliphatic heterocycles. The maximum absolute atomic E-state index is 5.51. The summed E-state index contributed by atoms with van der Waals surface area (Å²) in [4.78, 5) is 0. The molecule has 1 unspecified atom stereocenters. The molecule has 0 radical (unpaired) electrons.